The monoisotopic (exact) mass is 298 g/mol. The number of fused-ring (bicyclic) bond motifs is 2. The van der Waals surface area contributed by atoms with Gasteiger partial charge in [0, 0.05) is 21.8 Å². The Morgan fingerprint density at radius 2 is 1.73 bits per heavy atom. The van der Waals surface area contributed by atoms with Gasteiger partial charge < -0.3 is 15.8 Å². The first-order valence-corrected chi connectivity index (χ1v) is 6.90. The van der Waals surface area contributed by atoms with Crippen molar-refractivity contribution in [2.75, 3.05) is 0 Å². The first-order chi connectivity index (χ1) is 10.4. The molecular formula is C17H18N2O3. The second-order valence-corrected chi connectivity index (χ2v) is 5.18. The molecule has 0 aliphatic heterocycles. The number of aryl methyl sites for hydroxylation is 1. The van der Waals surface area contributed by atoms with E-state index in [0.717, 1.165) is 27.4 Å². The van der Waals surface area contributed by atoms with E-state index in [0.29, 0.717) is 0 Å². The van der Waals surface area contributed by atoms with Gasteiger partial charge in [-0.2, -0.15) is 0 Å². The third-order valence-electron chi connectivity index (χ3n) is 3.25. The van der Waals surface area contributed by atoms with Gasteiger partial charge in [-0.15, -0.1) is 0 Å². The number of benzene rings is 2. The zero-order valence-electron chi connectivity index (χ0n) is 12.5. The van der Waals surface area contributed by atoms with Crippen molar-refractivity contribution in [3.8, 4) is 0 Å². The van der Waals surface area contributed by atoms with Crippen LogP contribution in [0.2, 0.25) is 0 Å². The number of aromatic nitrogens is 1. The minimum absolute atomic E-state index is 0.105. The van der Waals surface area contributed by atoms with Crippen molar-refractivity contribution in [1.29, 1.82) is 0 Å². The zero-order chi connectivity index (χ0) is 16.3. The van der Waals surface area contributed by atoms with Gasteiger partial charge in [0.05, 0.1) is 0 Å². The Balaban J connectivity index is 0.000000254. The number of hydrogen-bond donors (Lipinski definition) is 3. The summed E-state index contributed by atoms with van der Waals surface area (Å²) < 4.78 is 0. The molecule has 1 heterocycles. The predicted molar refractivity (Wildman–Crippen MR) is 88.1 cm³/mol. The Morgan fingerprint density at radius 3 is 2.36 bits per heavy atom. The summed E-state index contributed by atoms with van der Waals surface area (Å²) in [5.41, 5.74) is 7.84. The average molecular weight is 298 g/mol. The molecule has 0 unspecified atom stereocenters. The smallest absolute Gasteiger partial charge is 0.320 e. The van der Waals surface area contributed by atoms with E-state index in [-0.39, 0.29) is 5.43 Å². The minimum atomic E-state index is -0.963. The van der Waals surface area contributed by atoms with Crippen molar-refractivity contribution < 1.29 is 9.90 Å². The van der Waals surface area contributed by atoms with Gasteiger partial charge in [-0.1, -0.05) is 23.8 Å². The quantitative estimate of drug-likeness (QED) is 0.601. The standard InChI is InChI=1S/C14H11NO.C3H7NO2/c1-9-6-7-13-11(8-9)14(16)10-4-2-3-5-12(10)15-13;1-2(4)3(5)6/h2-8H,1H3,(H,15,16);2H,4H2,1H3,(H,5,6)/t;2-/m.0/s1. The highest BCUT2D eigenvalue weighted by Gasteiger charge is 2.04. The molecule has 0 spiro atoms. The largest absolute Gasteiger partial charge is 0.480 e. The number of hydrogen-bond acceptors (Lipinski definition) is 3. The van der Waals surface area contributed by atoms with Gasteiger partial charge in [-0.25, -0.2) is 0 Å². The van der Waals surface area contributed by atoms with Gasteiger partial charge in [-0.3, -0.25) is 9.59 Å². The number of nitrogens with two attached hydrogens (primary N) is 1. The van der Waals surface area contributed by atoms with Crippen LogP contribution in [0.4, 0.5) is 0 Å². The van der Waals surface area contributed by atoms with Gasteiger partial charge in [0.25, 0.3) is 0 Å². The first kappa shape index (κ1) is 15.7. The molecule has 5 nitrogen and oxygen atoms in total. The molecule has 1 atom stereocenters. The number of H-pyrrole nitrogens is 1. The highest BCUT2D eigenvalue weighted by atomic mass is 16.4. The number of nitrogens with one attached hydrogen (secondary N) is 1. The number of pyridine rings is 1. The predicted octanol–water partition coefficient (Wildman–Crippen LogP) is 2.41. The van der Waals surface area contributed by atoms with Crippen LogP contribution in [0.25, 0.3) is 21.8 Å². The zero-order valence-corrected chi connectivity index (χ0v) is 12.5. The fraction of sp³-hybridized carbons (Fsp3) is 0.176. The van der Waals surface area contributed by atoms with Gasteiger partial charge >= 0.3 is 5.97 Å². The Hall–Kier alpha value is -2.66. The Morgan fingerprint density at radius 1 is 1.14 bits per heavy atom. The summed E-state index contributed by atoms with van der Waals surface area (Å²) in [5, 5.41) is 9.38. The summed E-state index contributed by atoms with van der Waals surface area (Å²) in [6, 6.07) is 12.8. The van der Waals surface area contributed by atoms with Crippen molar-refractivity contribution in [3.05, 3.63) is 58.3 Å². The molecule has 1 aromatic heterocycles. The topological polar surface area (TPSA) is 96.2 Å². The highest BCUT2D eigenvalue weighted by Crippen LogP contribution is 2.15. The van der Waals surface area contributed by atoms with Crippen LogP contribution in [-0.4, -0.2) is 22.1 Å². The van der Waals surface area contributed by atoms with E-state index in [1.807, 2.05) is 49.4 Å². The van der Waals surface area contributed by atoms with Crippen molar-refractivity contribution in [3.63, 3.8) is 0 Å². The number of aliphatic carboxylic acids is 1. The minimum Gasteiger partial charge on any atom is -0.480 e. The lowest BCUT2D eigenvalue weighted by molar-refractivity contribution is -0.138. The van der Waals surface area contributed by atoms with Crippen LogP contribution in [0.5, 0.6) is 0 Å². The SMILES string of the molecule is C[C@H](N)C(=O)O.Cc1ccc2[nH]c3ccccc3c(=O)c2c1. The molecule has 22 heavy (non-hydrogen) atoms. The molecule has 0 aliphatic carbocycles. The molecule has 0 aliphatic rings. The Labute approximate surface area is 127 Å². The first-order valence-electron chi connectivity index (χ1n) is 6.90. The molecule has 4 N–H and O–H groups in total. The van der Waals surface area contributed by atoms with Crippen LogP contribution in [0.15, 0.2) is 47.3 Å². The number of rotatable bonds is 1. The summed E-state index contributed by atoms with van der Waals surface area (Å²) in [5.74, 6) is -0.963. The van der Waals surface area contributed by atoms with Crippen molar-refractivity contribution >= 4 is 27.8 Å². The molecule has 0 radical (unpaired) electrons. The number of carboxylic acids is 1. The molecule has 5 heteroatoms. The second kappa shape index (κ2) is 6.41. The van der Waals surface area contributed by atoms with E-state index in [2.05, 4.69) is 4.98 Å². The van der Waals surface area contributed by atoms with Crippen LogP contribution in [0, 0.1) is 6.92 Å². The van der Waals surface area contributed by atoms with E-state index in [1.165, 1.54) is 6.92 Å². The van der Waals surface area contributed by atoms with Crippen LogP contribution < -0.4 is 11.2 Å². The lowest BCUT2D eigenvalue weighted by atomic mass is 10.1. The normalized spacial score (nSPS) is 11.8. The molecule has 114 valence electrons. The van der Waals surface area contributed by atoms with E-state index >= 15 is 0 Å². The maximum atomic E-state index is 12.2. The third kappa shape index (κ3) is 3.32. The number of aromatic amines is 1. The Bertz CT molecular complexity index is 882. The molecule has 3 aromatic rings. The fourth-order valence-electron chi connectivity index (χ4n) is 2.04. The van der Waals surface area contributed by atoms with Crippen molar-refractivity contribution in [2.24, 2.45) is 5.73 Å². The fourth-order valence-corrected chi connectivity index (χ4v) is 2.04. The molecule has 0 bridgehead atoms. The molecular weight excluding hydrogens is 280 g/mol. The maximum absolute atomic E-state index is 12.2. The van der Waals surface area contributed by atoms with E-state index in [1.54, 1.807) is 0 Å². The van der Waals surface area contributed by atoms with Crippen molar-refractivity contribution in [1.82, 2.24) is 4.98 Å². The second-order valence-electron chi connectivity index (χ2n) is 5.18. The maximum Gasteiger partial charge on any atom is 0.320 e. The molecule has 0 saturated heterocycles. The van der Waals surface area contributed by atoms with Crippen LogP contribution >= 0.6 is 0 Å². The summed E-state index contributed by atoms with van der Waals surface area (Å²) in [7, 11) is 0. The summed E-state index contributed by atoms with van der Waals surface area (Å²) >= 11 is 0. The van der Waals surface area contributed by atoms with E-state index in [9.17, 15) is 9.59 Å². The van der Waals surface area contributed by atoms with Gasteiger partial charge in [0.2, 0.25) is 0 Å². The van der Waals surface area contributed by atoms with E-state index < -0.39 is 12.0 Å². The van der Waals surface area contributed by atoms with Crippen LogP contribution in [0.3, 0.4) is 0 Å². The van der Waals surface area contributed by atoms with Gasteiger partial charge in [0.1, 0.15) is 6.04 Å². The summed E-state index contributed by atoms with van der Waals surface area (Å²) in [6.07, 6.45) is 0. The number of carboxylic acid groups (broad SMARTS) is 1. The average Bonchev–Trinajstić information content (AvgIpc) is 2.49. The summed E-state index contributed by atoms with van der Waals surface area (Å²) in [4.78, 5) is 25.1. The molecule has 0 amide bonds. The lowest BCUT2D eigenvalue weighted by Crippen LogP contribution is -2.25. The summed E-state index contributed by atoms with van der Waals surface area (Å²) in [6.45, 7) is 3.41. The van der Waals surface area contributed by atoms with Crippen LogP contribution in [0.1, 0.15) is 12.5 Å². The Kier molecular flexibility index (Phi) is 4.58. The van der Waals surface area contributed by atoms with Crippen molar-refractivity contribution in [2.45, 2.75) is 19.9 Å². The number of para-hydroxylation sites is 1. The number of carbonyl (C=O) groups is 1. The van der Waals surface area contributed by atoms with Gasteiger partial charge in [0.15, 0.2) is 5.43 Å². The lowest BCUT2D eigenvalue weighted by Gasteiger charge is -2.02. The highest BCUT2D eigenvalue weighted by molar-refractivity contribution is 5.92. The molecule has 2 aromatic carbocycles. The van der Waals surface area contributed by atoms with E-state index in [4.69, 9.17) is 10.8 Å². The van der Waals surface area contributed by atoms with Crippen LogP contribution in [-0.2, 0) is 4.79 Å². The third-order valence-corrected chi connectivity index (χ3v) is 3.25. The molecule has 0 fully saturated rings. The van der Waals surface area contributed by atoms with Gasteiger partial charge in [-0.05, 0) is 38.1 Å². The molecule has 0 saturated carbocycles. The molecule has 3 rings (SSSR count).